The van der Waals surface area contributed by atoms with Gasteiger partial charge in [-0.1, -0.05) is 25.0 Å². The van der Waals surface area contributed by atoms with E-state index < -0.39 is 23.8 Å². The first-order valence-corrected chi connectivity index (χ1v) is 12.6. The summed E-state index contributed by atoms with van der Waals surface area (Å²) in [5.41, 5.74) is 2.77. The summed E-state index contributed by atoms with van der Waals surface area (Å²) >= 11 is 0. The van der Waals surface area contributed by atoms with Crippen LogP contribution in [0.2, 0.25) is 0 Å². The van der Waals surface area contributed by atoms with Crippen molar-refractivity contribution < 1.29 is 14.4 Å². The first kappa shape index (κ1) is 23.3. The molecule has 2 atom stereocenters. The lowest BCUT2D eigenvalue weighted by Gasteiger charge is -2.34. The average Bonchev–Trinajstić information content (AvgIpc) is 3.49. The van der Waals surface area contributed by atoms with Crippen LogP contribution >= 0.6 is 0 Å². The van der Waals surface area contributed by atoms with Crippen LogP contribution < -0.4 is 15.5 Å². The van der Waals surface area contributed by atoms with Crippen LogP contribution in [0.1, 0.15) is 46.9 Å². The fourth-order valence-electron chi connectivity index (χ4n) is 5.17. The molecule has 3 N–H and O–H groups in total. The van der Waals surface area contributed by atoms with E-state index in [9.17, 15) is 14.4 Å². The predicted molar refractivity (Wildman–Crippen MR) is 136 cm³/mol. The molecule has 3 aliphatic rings. The number of nitrogens with zero attached hydrogens (tertiary/aromatic N) is 5. The predicted octanol–water partition coefficient (Wildman–Crippen LogP) is 2.07. The molecule has 2 aliphatic heterocycles. The SMILES string of the molecule is C[C@H]1CN(c2ccc(NC(=O)[C@H](CC3CC3)N3C(=O)c4ccccc4C3=O)c(-c3nn[nH]n3)c2)CCN1. The topological polar surface area (TPSA) is 136 Å². The summed E-state index contributed by atoms with van der Waals surface area (Å²) in [4.78, 5) is 43.5. The maximum absolute atomic E-state index is 13.7. The third-order valence-electron chi connectivity index (χ3n) is 7.27. The normalized spacial score (nSPS) is 20.2. The molecule has 11 nitrogen and oxygen atoms in total. The van der Waals surface area contributed by atoms with E-state index in [4.69, 9.17) is 0 Å². The van der Waals surface area contributed by atoms with Crippen molar-refractivity contribution in [3.8, 4) is 11.4 Å². The number of imide groups is 1. The van der Waals surface area contributed by atoms with Crippen molar-refractivity contribution in [1.82, 2.24) is 30.8 Å². The van der Waals surface area contributed by atoms with Gasteiger partial charge in [0.2, 0.25) is 11.7 Å². The Kier molecular flexibility index (Phi) is 5.91. The number of fused-ring (bicyclic) bond motifs is 1. The summed E-state index contributed by atoms with van der Waals surface area (Å²) < 4.78 is 0. The number of amides is 3. The number of hydrogen-bond acceptors (Lipinski definition) is 8. The first-order valence-electron chi connectivity index (χ1n) is 12.6. The van der Waals surface area contributed by atoms with Gasteiger partial charge in [0.15, 0.2) is 0 Å². The van der Waals surface area contributed by atoms with Crippen LogP contribution in [-0.4, -0.2) is 75.0 Å². The Hall–Kier alpha value is -4.12. The maximum atomic E-state index is 13.7. The van der Waals surface area contributed by atoms with Crippen LogP contribution in [0.3, 0.4) is 0 Å². The Bertz CT molecular complexity index is 1320. The zero-order valence-electron chi connectivity index (χ0n) is 20.5. The van der Waals surface area contributed by atoms with E-state index in [1.807, 2.05) is 18.2 Å². The number of nitrogens with one attached hydrogen (secondary N) is 3. The molecule has 6 rings (SSSR count). The Morgan fingerprint density at radius 1 is 1.11 bits per heavy atom. The zero-order chi connectivity index (χ0) is 25.5. The smallest absolute Gasteiger partial charge is 0.262 e. The van der Waals surface area contributed by atoms with Crippen molar-refractivity contribution in [2.24, 2.45) is 5.92 Å². The molecule has 1 saturated carbocycles. The number of piperazine rings is 1. The van der Waals surface area contributed by atoms with Gasteiger partial charge in [0.1, 0.15) is 6.04 Å². The monoisotopic (exact) mass is 500 g/mol. The van der Waals surface area contributed by atoms with Gasteiger partial charge < -0.3 is 15.5 Å². The molecule has 0 radical (unpaired) electrons. The van der Waals surface area contributed by atoms with Crippen LogP contribution in [0.15, 0.2) is 42.5 Å². The molecule has 0 unspecified atom stereocenters. The number of H-pyrrole nitrogens is 1. The van der Waals surface area contributed by atoms with Gasteiger partial charge in [0.05, 0.1) is 16.8 Å². The molecule has 3 amide bonds. The largest absolute Gasteiger partial charge is 0.369 e. The molecule has 1 aliphatic carbocycles. The molecule has 1 aromatic heterocycles. The summed E-state index contributed by atoms with van der Waals surface area (Å²) in [5.74, 6) is -0.603. The summed E-state index contributed by atoms with van der Waals surface area (Å²) in [7, 11) is 0. The zero-order valence-corrected chi connectivity index (χ0v) is 20.5. The summed E-state index contributed by atoms with van der Waals surface area (Å²) in [6.07, 6.45) is 2.41. The lowest BCUT2D eigenvalue weighted by atomic mass is 10.1. The third kappa shape index (κ3) is 4.46. The third-order valence-corrected chi connectivity index (χ3v) is 7.27. The highest BCUT2D eigenvalue weighted by atomic mass is 16.2. The molecule has 1 saturated heterocycles. The fourth-order valence-corrected chi connectivity index (χ4v) is 5.17. The van der Waals surface area contributed by atoms with Gasteiger partial charge >= 0.3 is 0 Å². The van der Waals surface area contributed by atoms with Crippen molar-refractivity contribution in [3.05, 3.63) is 53.6 Å². The van der Waals surface area contributed by atoms with Crippen LogP contribution in [0, 0.1) is 5.92 Å². The minimum Gasteiger partial charge on any atom is -0.369 e. The van der Waals surface area contributed by atoms with Gasteiger partial charge in [-0.05, 0) is 54.8 Å². The lowest BCUT2D eigenvalue weighted by molar-refractivity contribution is -0.120. The molecule has 190 valence electrons. The minimum atomic E-state index is -0.910. The standard InChI is InChI=1S/C26H28N8O3/c1-15-14-33(11-10-27-15)17-8-9-21(20(13-17)23-29-31-32-30-23)28-24(35)22(12-16-6-7-16)34-25(36)18-4-2-3-5-19(18)26(34)37/h2-5,8-9,13,15-16,22,27H,6-7,10-12,14H2,1H3,(H,28,35)(H,29,30,31,32)/t15-,22-/m0/s1. The molecule has 0 bridgehead atoms. The van der Waals surface area contributed by atoms with Gasteiger partial charge in [-0.25, -0.2) is 0 Å². The van der Waals surface area contributed by atoms with E-state index in [1.165, 1.54) is 0 Å². The Morgan fingerprint density at radius 2 is 1.86 bits per heavy atom. The van der Waals surface area contributed by atoms with Crippen LogP contribution in [-0.2, 0) is 4.79 Å². The quantitative estimate of drug-likeness (QED) is 0.420. The van der Waals surface area contributed by atoms with E-state index in [0.29, 0.717) is 46.6 Å². The Morgan fingerprint density at radius 3 is 2.51 bits per heavy atom. The number of carbonyl (C=O) groups excluding carboxylic acids is 3. The second-order valence-corrected chi connectivity index (χ2v) is 9.98. The fraction of sp³-hybridized carbons (Fsp3) is 0.385. The molecule has 37 heavy (non-hydrogen) atoms. The van der Waals surface area contributed by atoms with Crippen molar-refractivity contribution in [1.29, 1.82) is 0 Å². The lowest BCUT2D eigenvalue weighted by Crippen LogP contribution is -2.49. The molecule has 2 fully saturated rings. The highest BCUT2D eigenvalue weighted by molar-refractivity contribution is 6.23. The number of aromatic amines is 1. The number of carbonyl (C=O) groups is 3. The van der Waals surface area contributed by atoms with Gasteiger partial charge in [-0.2, -0.15) is 5.21 Å². The summed E-state index contributed by atoms with van der Waals surface area (Å²) in [6, 6.07) is 11.9. The number of anilines is 2. The van der Waals surface area contributed by atoms with E-state index in [2.05, 4.69) is 43.1 Å². The number of aromatic nitrogens is 4. The summed E-state index contributed by atoms with van der Waals surface area (Å²) in [6.45, 7) is 4.71. The van der Waals surface area contributed by atoms with Crippen molar-refractivity contribution in [2.75, 3.05) is 29.9 Å². The van der Waals surface area contributed by atoms with Crippen molar-refractivity contribution in [2.45, 2.75) is 38.3 Å². The number of rotatable bonds is 7. The van der Waals surface area contributed by atoms with Crippen molar-refractivity contribution >= 4 is 29.1 Å². The van der Waals surface area contributed by atoms with Crippen LogP contribution in [0.25, 0.3) is 11.4 Å². The minimum absolute atomic E-state index is 0.314. The highest BCUT2D eigenvalue weighted by Crippen LogP contribution is 2.38. The van der Waals surface area contributed by atoms with E-state index in [1.54, 1.807) is 24.3 Å². The van der Waals surface area contributed by atoms with Crippen LogP contribution in [0.5, 0.6) is 0 Å². The van der Waals surface area contributed by atoms with Gasteiger partial charge in [-0.15, -0.1) is 10.2 Å². The average molecular weight is 501 g/mol. The molecule has 11 heteroatoms. The van der Waals surface area contributed by atoms with Gasteiger partial charge in [-0.3, -0.25) is 19.3 Å². The number of hydrogen-bond donors (Lipinski definition) is 3. The molecular formula is C26H28N8O3. The molecule has 2 aromatic carbocycles. The second kappa shape index (κ2) is 9.40. The number of benzene rings is 2. The highest BCUT2D eigenvalue weighted by Gasteiger charge is 2.44. The van der Waals surface area contributed by atoms with Crippen molar-refractivity contribution in [3.63, 3.8) is 0 Å². The van der Waals surface area contributed by atoms with Gasteiger partial charge in [0, 0.05) is 36.9 Å². The van der Waals surface area contributed by atoms with E-state index in [-0.39, 0.29) is 0 Å². The van der Waals surface area contributed by atoms with Gasteiger partial charge in [0.25, 0.3) is 11.8 Å². The number of tetrazole rings is 1. The maximum Gasteiger partial charge on any atom is 0.262 e. The molecule has 3 heterocycles. The van der Waals surface area contributed by atoms with E-state index >= 15 is 0 Å². The molecule has 3 aromatic rings. The van der Waals surface area contributed by atoms with E-state index in [0.717, 1.165) is 43.1 Å². The Labute approximate surface area is 213 Å². The molecule has 0 spiro atoms. The first-order chi connectivity index (χ1) is 18.0. The second-order valence-electron chi connectivity index (χ2n) is 9.98. The Balaban J connectivity index is 1.31. The summed E-state index contributed by atoms with van der Waals surface area (Å²) in [5, 5.41) is 20.9. The molecular weight excluding hydrogens is 472 g/mol. The van der Waals surface area contributed by atoms with Crippen LogP contribution in [0.4, 0.5) is 11.4 Å².